The Morgan fingerprint density at radius 3 is 2.41 bits per heavy atom. The van der Waals surface area contributed by atoms with Crippen molar-refractivity contribution in [3.05, 3.63) is 47.8 Å². The second kappa shape index (κ2) is 7.73. The summed E-state index contributed by atoms with van der Waals surface area (Å²) >= 11 is 0. The van der Waals surface area contributed by atoms with Gasteiger partial charge in [-0.2, -0.15) is 0 Å². The summed E-state index contributed by atoms with van der Waals surface area (Å²) in [5.41, 5.74) is 2.83. The first-order valence-corrected chi connectivity index (χ1v) is 9.20. The van der Waals surface area contributed by atoms with E-state index < -0.39 is 5.68 Å². The van der Waals surface area contributed by atoms with Crippen molar-refractivity contribution in [2.24, 2.45) is 0 Å². The molecule has 0 bridgehead atoms. The van der Waals surface area contributed by atoms with E-state index in [2.05, 4.69) is 36.0 Å². The highest BCUT2D eigenvalue weighted by atomic mass is 19.1. The molecule has 0 amide bonds. The Morgan fingerprint density at radius 2 is 1.81 bits per heavy atom. The maximum Gasteiger partial charge on any atom is 0.175 e. The Labute approximate surface area is 161 Å². The Balaban J connectivity index is 1.98. The summed E-state index contributed by atoms with van der Waals surface area (Å²) in [4.78, 5) is 16.2. The number of carbonyl (C=O) groups is 1. The molecule has 2 atom stereocenters. The standard InChI is InChI=1S/C21H25BFN3O/c1-13-11-26(12-14(2)25(13)4)20-8-6-15(10-19(20)24-3)17-9-16(21(22)27)5-7-18(17)23/h5-10,13-14,24H,11-12H2,1-4H3. The number of carbonyl (C=O) groups excluding carboxylic acids is 1. The minimum absolute atomic E-state index is 0.295. The van der Waals surface area contributed by atoms with Gasteiger partial charge in [-0.25, -0.2) is 4.39 Å². The number of anilines is 2. The first-order valence-electron chi connectivity index (χ1n) is 9.20. The molecule has 6 heteroatoms. The lowest BCUT2D eigenvalue weighted by Gasteiger charge is -2.44. The highest BCUT2D eigenvalue weighted by Gasteiger charge is 2.27. The maximum absolute atomic E-state index is 14.4. The third-order valence-corrected chi connectivity index (χ3v) is 5.53. The fourth-order valence-corrected chi connectivity index (χ4v) is 3.68. The van der Waals surface area contributed by atoms with Gasteiger partial charge in [0.05, 0.1) is 11.4 Å². The van der Waals surface area contributed by atoms with Crippen LogP contribution in [0.25, 0.3) is 11.1 Å². The number of hydrogen-bond donors (Lipinski definition) is 1. The number of benzene rings is 2. The highest BCUT2D eigenvalue weighted by Crippen LogP contribution is 2.34. The van der Waals surface area contributed by atoms with E-state index in [-0.39, 0.29) is 5.82 Å². The van der Waals surface area contributed by atoms with Crippen LogP contribution in [-0.2, 0) is 0 Å². The van der Waals surface area contributed by atoms with Crippen LogP contribution in [-0.4, -0.2) is 57.7 Å². The van der Waals surface area contributed by atoms with Gasteiger partial charge in [0.1, 0.15) is 11.5 Å². The fraction of sp³-hybridized carbons (Fsp3) is 0.381. The van der Waals surface area contributed by atoms with Crippen molar-refractivity contribution >= 4 is 24.9 Å². The van der Waals surface area contributed by atoms with Crippen LogP contribution in [0.2, 0.25) is 0 Å². The number of rotatable bonds is 4. The van der Waals surface area contributed by atoms with Gasteiger partial charge in [-0.1, -0.05) is 6.07 Å². The van der Waals surface area contributed by atoms with Gasteiger partial charge < -0.3 is 15.0 Å². The van der Waals surface area contributed by atoms with E-state index in [1.54, 1.807) is 0 Å². The molecule has 2 radical (unpaired) electrons. The predicted molar refractivity (Wildman–Crippen MR) is 110 cm³/mol. The lowest BCUT2D eigenvalue weighted by molar-refractivity contribution is 0.108. The topological polar surface area (TPSA) is 35.6 Å². The lowest BCUT2D eigenvalue weighted by atomic mass is 9.92. The molecule has 0 spiro atoms. The summed E-state index contributed by atoms with van der Waals surface area (Å²) in [5, 5.41) is 3.23. The van der Waals surface area contributed by atoms with Crippen molar-refractivity contribution in [3.8, 4) is 11.1 Å². The van der Waals surface area contributed by atoms with Crippen molar-refractivity contribution in [2.75, 3.05) is 37.4 Å². The fourth-order valence-electron chi connectivity index (χ4n) is 3.68. The van der Waals surface area contributed by atoms with Gasteiger partial charge in [-0.3, -0.25) is 4.90 Å². The van der Waals surface area contributed by atoms with Gasteiger partial charge in [-0.15, -0.1) is 0 Å². The number of nitrogens with one attached hydrogen (secondary N) is 1. The zero-order valence-corrected chi connectivity index (χ0v) is 16.3. The second-order valence-corrected chi connectivity index (χ2v) is 7.31. The van der Waals surface area contributed by atoms with E-state index in [0.29, 0.717) is 28.8 Å². The zero-order chi connectivity index (χ0) is 19.7. The van der Waals surface area contributed by atoms with Crippen LogP contribution < -0.4 is 10.2 Å². The number of halogens is 1. The van der Waals surface area contributed by atoms with Crippen LogP contribution in [0.4, 0.5) is 15.8 Å². The minimum atomic E-state index is -0.567. The Hall–Kier alpha value is -2.34. The molecule has 0 aromatic heterocycles. The van der Waals surface area contributed by atoms with Gasteiger partial charge in [0.15, 0.2) is 7.85 Å². The molecule has 1 heterocycles. The summed E-state index contributed by atoms with van der Waals surface area (Å²) in [5.74, 6) is -0.378. The Bertz CT molecular complexity index is 845. The van der Waals surface area contributed by atoms with Crippen LogP contribution in [0.3, 0.4) is 0 Å². The summed E-state index contributed by atoms with van der Waals surface area (Å²) in [7, 11) is 9.36. The highest BCUT2D eigenvalue weighted by molar-refractivity contribution is 6.62. The van der Waals surface area contributed by atoms with Gasteiger partial charge in [0.25, 0.3) is 0 Å². The number of likely N-dealkylation sites (N-methyl/N-ethyl adjacent to an activating group) is 1. The van der Waals surface area contributed by atoms with E-state index in [1.165, 1.54) is 18.2 Å². The maximum atomic E-state index is 14.4. The average molecular weight is 365 g/mol. The molecule has 2 unspecified atom stereocenters. The normalized spacial score (nSPS) is 20.6. The molecule has 1 fully saturated rings. The number of piperazine rings is 1. The van der Waals surface area contributed by atoms with Crippen molar-refractivity contribution in [3.63, 3.8) is 0 Å². The van der Waals surface area contributed by atoms with E-state index >= 15 is 0 Å². The van der Waals surface area contributed by atoms with E-state index in [1.807, 2.05) is 25.2 Å². The van der Waals surface area contributed by atoms with Crippen LogP contribution in [0.5, 0.6) is 0 Å². The van der Waals surface area contributed by atoms with Crippen molar-refractivity contribution < 1.29 is 9.18 Å². The Kier molecular flexibility index (Phi) is 5.56. The molecule has 3 rings (SSSR count). The molecule has 0 saturated carbocycles. The largest absolute Gasteiger partial charge is 0.386 e. The van der Waals surface area contributed by atoms with E-state index in [0.717, 1.165) is 24.5 Å². The van der Waals surface area contributed by atoms with Crippen LogP contribution in [0.15, 0.2) is 36.4 Å². The monoisotopic (exact) mass is 365 g/mol. The SMILES string of the molecule is [B]C(=O)c1ccc(F)c(-c2ccc(N3CC(C)N(C)C(C)C3)c(NC)c2)c1. The molecule has 2 aromatic rings. The molecule has 1 N–H and O–H groups in total. The summed E-state index contributed by atoms with van der Waals surface area (Å²) in [6.45, 7) is 6.31. The van der Waals surface area contributed by atoms with Gasteiger partial charge in [-0.05, 0) is 56.8 Å². The summed E-state index contributed by atoms with van der Waals surface area (Å²) in [6, 6.07) is 10.9. The van der Waals surface area contributed by atoms with Crippen LogP contribution in [0, 0.1) is 5.82 Å². The third-order valence-electron chi connectivity index (χ3n) is 5.53. The lowest BCUT2D eigenvalue weighted by Crippen LogP contribution is -2.55. The van der Waals surface area contributed by atoms with Gasteiger partial charge in [0.2, 0.25) is 0 Å². The molecule has 27 heavy (non-hydrogen) atoms. The number of hydrogen-bond acceptors (Lipinski definition) is 4. The van der Waals surface area contributed by atoms with Gasteiger partial charge in [0, 0.05) is 43.3 Å². The molecule has 1 aliphatic heterocycles. The van der Waals surface area contributed by atoms with Crippen molar-refractivity contribution in [1.82, 2.24) is 4.90 Å². The van der Waals surface area contributed by atoms with E-state index in [9.17, 15) is 9.18 Å². The molecule has 2 aromatic carbocycles. The molecule has 4 nitrogen and oxygen atoms in total. The van der Waals surface area contributed by atoms with Crippen LogP contribution in [0.1, 0.15) is 24.2 Å². The average Bonchev–Trinajstić information content (AvgIpc) is 2.65. The summed E-state index contributed by atoms with van der Waals surface area (Å²) < 4.78 is 14.4. The Morgan fingerprint density at radius 1 is 1.15 bits per heavy atom. The molecular formula is C21H25BFN3O. The number of nitrogens with zero attached hydrogens (tertiary/aromatic N) is 2. The van der Waals surface area contributed by atoms with Crippen molar-refractivity contribution in [1.29, 1.82) is 0 Å². The third kappa shape index (κ3) is 3.86. The van der Waals surface area contributed by atoms with Crippen LogP contribution >= 0.6 is 0 Å². The van der Waals surface area contributed by atoms with Gasteiger partial charge >= 0.3 is 0 Å². The predicted octanol–water partition coefficient (Wildman–Crippen LogP) is 3.37. The quantitative estimate of drug-likeness (QED) is 0.843. The van der Waals surface area contributed by atoms with E-state index in [4.69, 9.17) is 7.85 Å². The smallest absolute Gasteiger partial charge is 0.175 e. The summed E-state index contributed by atoms with van der Waals surface area (Å²) in [6.07, 6.45) is 0. The molecular weight excluding hydrogens is 340 g/mol. The molecule has 140 valence electrons. The first-order chi connectivity index (χ1) is 12.8. The molecule has 1 aliphatic rings. The molecule has 1 saturated heterocycles. The van der Waals surface area contributed by atoms with Crippen molar-refractivity contribution in [2.45, 2.75) is 25.9 Å². The first kappa shape index (κ1) is 19.4. The molecule has 0 aliphatic carbocycles. The zero-order valence-electron chi connectivity index (χ0n) is 16.3. The second-order valence-electron chi connectivity index (χ2n) is 7.31. The minimum Gasteiger partial charge on any atom is -0.386 e.